The largest absolute Gasteiger partial charge is 0.505 e. The molecule has 2 aromatic heterocycles. The molecule has 0 spiro atoms. The smallest absolute Gasteiger partial charge is 0.305 e. The van der Waals surface area contributed by atoms with E-state index in [1.807, 2.05) is 91.0 Å². The third-order valence-corrected chi connectivity index (χ3v) is 6.37. The first-order valence-corrected chi connectivity index (χ1v) is 12.4. The Morgan fingerprint density at radius 2 is 1.44 bits per heavy atom. The van der Waals surface area contributed by atoms with Crippen LogP contribution in [-0.4, -0.2) is 38.2 Å². The van der Waals surface area contributed by atoms with E-state index >= 15 is 0 Å². The zero-order valence-corrected chi connectivity index (χ0v) is 20.9. The SMILES string of the molecule is O=C(O)CCNC(=O)c1nc(-c2ccccc2)c2c(cc(-c3ccccc3)c(=O)n2Cc2ccccc2)c1O. The predicted octanol–water partition coefficient (Wildman–Crippen LogP) is 4.69. The zero-order chi connectivity index (χ0) is 27.4. The molecule has 3 aromatic carbocycles. The summed E-state index contributed by atoms with van der Waals surface area (Å²) in [7, 11) is 0. The number of carboxylic acids is 1. The molecule has 2 heterocycles. The third-order valence-electron chi connectivity index (χ3n) is 6.37. The molecule has 194 valence electrons. The van der Waals surface area contributed by atoms with E-state index in [4.69, 9.17) is 5.11 Å². The van der Waals surface area contributed by atoms with Crippen LogP contribution in [0.3, 0.4) is 0 Å². The second-order valence-corrected chi connectivity index (χ2v) is 8.99. The van der Waals surface area contributed by atoms with Gasteiger partial charge in [-0.25, -0.2) is 4.98 Å². The van der Waals surface area contributed by atoms with Crippen molar-refractivity contribution >= 4 is 22.8 Å². The molecule has 5 rings (SSSR count). The zero-order valence-electron chi connectivity index (χ0n) is 20.9. The van der Waals surface area contributed by atoms with Crippen LogP contribution in [0.4, 0.5) is 0 Å². The molecule has 0 atom stereocenters. The fourth-order valence-electron chi connectivity index (χ4n) is 4.51. The lowest BCUT2D eigenvalue weighted by atomic mass is 10.0. The molecule has 5 aromatic rings. The van der Waals surface area contributed by atoms with Crippen LogP contribution in [0.1, 0.15) is 22.5 Å². The number of rotatable bonds is 8. The topological polar surface area (TPSA) is 122 Å². The number of benzene rings is 3. The van der Waals surface area contributed by atoms with Crippen LogP contribution in [0.25, 0.3) is 33.3 Å². The molecule has 0 bridgehead atoms. The van der Waals surface area contributed by atoms with Gasteiger partial charge in [0.1, 0.15) is 0 Å². The highest BCUT2D eigenvalue weighted by atomic mass is 16.4. The van der Waals surface area contributed by atoms with Gasteiger partial charge in [0.05, 0.1) is 24.2 Å². The van der Waals surface area contributed by atoms with Gasteiger partial charge in [-0.15, -0.1) is 0 Å². The molecule has 3 N–H and O–H groups in total. The van der Waals surface area contributed by atoms with E-state index in [2.05, 4.69) is 10.3 Å². The Labute approximate surface area is 223 Å². The summed E-state index contributed by atoms with van der Waals surface area (Å²) < 4.78 is 1.58. The number of carbonyl (C=O) groups excluding carboxylic acids is 1. The summed E-state index contributed by atoms with van der Waals surface area (Å²) in [5, 5.41) is 23.1. The van der Waals surface area contributed by atoms with E-state index in [0.717, 1.165) is 5.56 Å². The second-order valence-electron chi connectivity index (χ2n) is 8.99. The first kappa shape index (κ1) is 25.4. The fraction of sp³-hybridized carbons (Fsp3) is 0.0968. The highest BCUT2D eigenvalue weighted by Crippen LogP contribution is 2.36. The molecule has 0 fully saturated rings. The highest BCUT2D eigenvalue weighted by Gasteiger charge is 2.24. The maximum atomic E-state index is 14.0. The number of carboxylic acid groups (broad SMARTS) is 1. The molecule has 0 unspecified atom stereocenters. The monoisotopic (exact) mass is 519 g/mol. The molecular weight excluding hydrogens is 494 g/mol. The number of aromatic nitrogens is 2. The molecule has 0 aliphatic carbocycles. The van der Waals surface area contributed by atoms with Crippen molar-refractivity contribution in [2.45, 2.75) is 13.0 Å². The van der Waals surface area contributed by atoms with E-state index in [1.54, 1.807) is 10.6 Å². The Morgan fingerprint density at radius 3 is 2.05 bits per heavy atom. The van der Waals surface area contributed by atoms with Gasteiger partial charge in [-0.2, -0.15) is 0 Å². The standard InChI is InChI=1S/C31H25N3O5/c35-25(36)16-17-32-30(38)27-29(37)24-18-23(21-12-6-2-7-13-21)31(39)34(19-20-10-4-1-5-11-20)28(24)26(33-27)22-14-8-3-9-15-22/h1-15,18,37H,16-17,19H2,(H,32,38)(H,35,36). The molecule has 0 saturated heterocycles. The van der Waals surface area contributed by atoms with Crippen molar-refractivity contribution < 1.29 is 19.8 Å². The first-order chi connectivity index (χ1) is 18.9. The minimum atomic E-state index is -1.06. The third kappa shape index (κ3) is 5.26. The maximum Gasteiger partial charge on any atom is 0.305 e. The molecule has 0 aliphatic rings. The van der Waals surface area contributed by atoms with Gasteiger partial charge in [0.2, 0.25) is 0 Å². The number of nitrogens with zero attached hydrogens (tertiary/aromatic N) is 2. The minimum Gasteiger partial charge on any atom is -0.505 e. The van der Waals surface area contributed by atoms with Crippen molar-refractivity contribution in [3.05, 3.63) is 119 Å². The van der Waals surface area contributed by atoms with Crippen molar-refractivity contribution in [1.82, 2.24) is 14.9 Å². The van der Waals surface area contributed by atoms with Gasteiger partial charge in [0, 0.05) is 23.1 Å². The van der Waals surface area contributed by atoms with Gasteiger partial charge >= 0.3 is 5.97 Å². The lowest BCUT2D eigenvalue weighted by Crippen LogP contribution is -2.28. The number of pyridine rings is 2. The van der Waals surface area contributed by atoms with Gasteiger partial charge in [-0.3, -0.25) is 14.4 Å². The number of fused-ring (bicyclic) bond motifs is 1. The molecular formula is C31H25N3O5. The Kier molecular flexibility index (Phi) is 7.18. The van der Waals surface area contributed by atoms with Crippen molar-refractivity contribution in [2.24, 2.45) is 0 Å². The van der Waals surface area contributed by atoms with Crippen molar-refractivity contribution in [3.63, 3.8) is 0 Å². The van der Waals surface area contributed by atoms with Crippen LogP contribution < -0.4 is 10.9 Å². The Balaban J connectivity index is 1.83. The van der Waals surface area contributed by atoms with Crippen LogP contribution in [0.15, 0.2) is 102 Å². The van der Waals surface area contributed by atoms with E-state index < -0.39 is 17.6 Å². The summed E-state index contributed by atoms with van der Waals surface area (Å²) in [5.41, 5.74) is 2.75. The molecule has 8 nitrogen and oxygen atoms in total. The van der Waals surface area contributed by atoms with E-state index in [9.17, 15) is 19.5 Å². The number of aromatic hydroxyl groups is 1. The molecule has 39 heavy (non-hydrogen) atoms. The van der Waals surface area contributed by atoms with Gasteiger partial charge in [-0.05, 0) is 17.2 Å². The fourth-order valence-corrected chi connectivity index (χ4v) is 4.51. The number of nitrogens with one attached hydrogen (secondary N) is 1. The maximum absolute atomic E-state index is 14.0. The van der Waals surface area contributed by atoms with Gasteiger partial charge in [0.15, 0.2) is 11.4 Å². The van der Waals surface area contributed by atoms with E-state index in [-0.39, 0.29) is 36.1 Å². The van der Waals surface area contributed by atoms with Crippen LogP contribution in [-0.2, 0) is 11.3 Å². The normalized spacial score (nSPS) is 10.9. The lowest BCUT2D eigenvalue weighted by molar-refractivity contribution is -0.136. The van der Waals surface area contributed by atoms with Crippen molar-refractivity contribution in [1.29, 1.82) is 0 Å². The summed E-state index contributed by atoms with van der Waals surface area (Å²) >= 11 is 0. The summed E-state index contributed by atoms with van der Waals surface area (Å²) in [4.78, 5) is 42.6. The average molecular weight is 520 g/mol. The van der Waals surface area contributed by atoms with Crippen molar-refractivity contribution in [2.75, 3.05) is 6.54 Å². The predicted molar refractivity (Wildman–Crippen MR) is 149 cm³/mol. The van der Waals surface area contributed by atoms with Crippen LogP contribution in [0, 0.1) is 0 Å². The number of hydrogen-bond acceptors (Lipinski definition) is 5. The second kappa shape index (κ2) is 11.0. The molecule has 0 aliphatic heterocycles. The summed E-state index contributed by atoms with van der Waals surface area (Å²) in [6.07, 6.45) is -0.277. The number of carbonyl (C=O) groups is 2. The average Bonchev–Trinajstić information content (AvgIpc) is 2.96. The number of amides is 1. The highest BCUT2D eigenvalue weighted by molar-refractivity contribution is 6.06. The molecule has 1 amide bonds. The molecule has 0 saturated carbocycles. The summed E-state index contributed by atoms with van der Waals surface area (Å²) in [5.74, 6) is -2.17. The first-order valence-electron chi connectivity index (χ1n) is 12.4. The van der Waals surface area contributed by atoms with E-state index in [1.165, 1.54) is 0 Å². The van der Waals surface area contributed by atoms with E-state index in [0.29, 0.717) is 27.9 Å². The lowest BCUT2D eigenvalue weighted by Gasteiger charge is -2.19. The van der Waals surface area contributed by atoms with Crippen molar-refractivity contribution in [3.8, 4) is 28.1 Å². The number of aliphatic carboxylic acids is 1. The van der Waals surface area contributed by atoms with Crippen LogP contribution in [0.2, 0.25) is 0 Å². The van der Waals surface area contributed by atoms with Crippen LogP contribution in [0.5, 0.6) is 5.75 Å². The number of hydrogen-bond donors (Lipinski definition) is 3. The minimum absolute atomic E-state index is 0.128. The van der Waals surface area contributed by atoms with Gasteiger partial charge in [-0.1, -0.05) is 91.0 Å². The summed E-state index contributed by atoms with van der Waals surface area (Å²) in [6.45, 7) is 0.0821. The van der Waals surface area contributed by atoms with Gasteiger partial charge in [0.25, 0.3) is 11.5 Å². The van der Waals surface area contributed by atoms with Gasteiger partial charge < -0.3 is 20.1 Å². The molecule has 8 heteroatoms. The summed E-state index contributed by atoms with van der Waals surface area (Å²) in [6, 6.07) is 29.3. The van der Waals surface area contributed by atoms with Crippen LogP contribution >= 0.6 is 0 Å². The Bertz CT molecular complexity index is 1720. The molecule has 0 radical (unpaired) electrons. The Morgan fingerprint density at radius 1 is 0.846 bits per heavy atom. The quantitative estimate of drug-likeness (QED) is 0.274. The Hall–Kier alpha value is -5.24.